The van der Waals surface area contributed by atoms with E-state index in [1.54, 1.807) is 0 Å². The zero-order chi connectivity index (χ0) is 21.0. The second-order valence-corrected chi connectivity index (χ2v) is 9.80. The highest BCUT2D eigenvalue weighted by atomic mass is 35.5. The maximum Gasteiger partial charge on any atom is 0.353 e. The molecule has 29 heavy (non-hydrogen) atoms. The van der Waals surface area contributed by atoms with Crippen molar-refractivity contribution in [1.82, 2.24) is 0 Å². The molecular formula is C24H33ClF4. The Morgan fingerprint density at radius 1 is 0.793 bits per heavy atom. The van der Waals surface area contributed by atoms with Gasteiger partial charge in [0.05, 0.1) is 0 Å². The molecule has 0 heterocycles. The number of benzene rings is 1. The minimum atomic E-state index is -4.03. The molecule has 2 fully saturated rings. The van der Waals surface area contributed by atoms with E-state index in [0.29, 0.717) is 11.5 Å². The van der Waals surface area contributed by atoms with Crippen LogP contribution in [0.3, 0.4) is 0 Å². The molecule has 0 unspecified atom stereocenters. The van der Waals surface area contributed by atoms with Crippen LogP contribution in [0, 0.1) is 29.4 Å². The van der Waals surface area contributed by atoms with Crippen LogP contribution in [-0.4, -0.2) is 0 Å². The minimum Gasteiger partial charge on any atom is -0.206 e. The van der Waals surface area contributed by atoms with Crippen LogP contribution >= 0.6 is 11.6 Å². The average Bonchev–Trinajstić information content (AvgIpc) is 2.66. The summed E-state index contributed by atoms with van der Waals surface area (Å²) in [6, 6.07) is 2.10. The molecule has 2 aliphatic carbocycles. The van der Waals surface area contributed by atoms with E-state index in [1.807, 2.05) is 0 Å². The summed E-state index contributed by atoms with van der Waals surface area (Å²) < 4.78 is 54.4. The van der Waals surface area contributed by atoms with Gasteiger partial charge in [0.15, 0.2) is 0 Å². The van der Waals surface area contributed by atoms with E-state index in [-0.39, 0.29) is 5.92 Å². The molecule has 0 saturated heterocycles. The van der Waals surface area contributed by atoms with Crippen molar-refractivity contribution >= 4 is 11.6 Å². The number of hydrogen-bond acceptors (Lipinski definition) is 0. The lowest BCUT2D eigenvalue weighted by molar-refractivity contribution is 0.0857. The van der Waals surface area contributed by atoms with Crippen LogP contribution in [0.2, 0.25) is 0 Å². The second kappa shape index (κ2) is 10.0. The van der Waals surface area contributed by atoms with Crippen molar-refractivity contribution in [3.05, 3.63) is 34.9 Å². The van der Waals surface area contributed by atoms with Gasteiger partial charge in [0.2, 0.25) is 0 Å². The standard InChI is InChI=1S/C24H33ClF4/c1-2-3-16-4-6-17(7-5-16)8-9-18-10-12-19(13-11-18)20-14-21(26)23(22(27)15-20)24(25,28)29/h14-19H,2-13H2,1H3. The number of rotatable bonds is 7. The highest BCUT2D eigenvalue weighted by Crippen LogP contribution is 2.42. The van der Waals surface area contributed by atoms with Gasteiger partial charge in [0.1, 0.15) is 17.2 Å². The zero-order valence-corrected chi connectivity index (χ0v) is 18.1. The molecular weight excluding hydrogens is 400 g/mol. The van der Waals surface area contributed by atoms with Gasteiger partial charge < -0.3 is 0 Å². The maximum atomic E-state index is 14.0. The molecule has 0 atom stereocenters. The summed E-state index contributed by atoms with van der Waals surface area (Å²) in [7, 11) is 0. The van der Waals surface area contributed by atoms with E-state index in [1.165, 1.54) is 51.4 Å². The van der Waals surface area contributed by atoms with Crippen LogP contribution in [0.1, 0.15) is 101 Å². The molecule has 164 valence electrons. The third-order valence-electron chi connectivity index (χ3n) is 7.31. The molecule has 3 rings (SSSR count). The first-order valence-corrected chi connectivity index (χ1v) is 11.7. The molecule has 1 aromatic rings. The summed E-state index contributed by atoms with van der Waals surface area (Å²) in [6.45, 7) is 2.27. The molecule has 0 spiro atoms. The highest BCUT2D eigenvalue weighted by molar-refractivity contribution is 6.21. The van der Waals surface area contributed by atoms with Gasteiger partial charge in [-0.1, -0.05) is 58.3 Å². The molecule has 0 N–H and O–H groups in total. The number of hydrogen-bond donors (Lipinski definition) is 0. The summed E-state index contributed by atoms with van der Waals surface area (Å²) in [6.07, 6.45) is 14.6. The molecule has 0 radical (unpaired) electrons. The Balaban J connectivity index is 1.46. The average molecular weight is 433 g/mol. The quantitative estimate of drug-likeness (QED) is 0.298. The van der Waals surface area contributed by atoms with Crippen LogP contribution < -0.4 is 0 Å². The third-order valence-corrected chi connectivity index (χ3v) is 7.50. The summed E-state index contributed by atoms with van der Waals surface area (Å²) in [5.41, 5.74) is -0.859. The van der Waals surface area contributed by atoms with E-state index in [2.05, 4.69) is 6.92 Å². The Bertz CT molecular complexity index is 630. The fourth-order valence-corrected chi connectivity index (χ4v) is 5.75. The molecule has 0 aromatic heterocycles. The molecule has 2 aliphatic rings. The molecule has 2 saturated carbocycles. The van der Waals surface area contributed by atoms with Crippen molar-refractivity contribution < 1.29 is 17.6 Å². The molecule has 5 heteroatoms. The lowest BCUT2D eigenvalue weighted by Crippen LogP contribution is -2.18. The Labute approximate surface area is 177 Å². The van der Waals surface area contributed by atoms with Gasteiger partial charge in [0.25, 0.3) is 0 Å². The summed E-state index contributed by atoms with van der Waals surface area (Å²) in [5.74, 6) is 0.0338. The zero-order valence-electron chi connectivity index (χ0n) is 17.3. The van der Waals surface area contributed by atoms with Gasteiger partial charge >= 0.3 is 5.38 Å². The van der Waals surface area contributed by atoms with Crippen LogP contribution in [0.5, 0.6) is 0 Å². The van der Waals surface area contributed by atoms with Crippen molar-refractivity contribution in [3.63, 3.8) is 0 Å². The smallest absolute Gasteiger partial charge is 0.206 e. The summed E-state index contributed by atoms with van der Waals surface area (Å²) in [5, 5.41) is -4.03. The SMILES string of the molecule is CCCC1CCC(CCC2CCC(c3cc(F)c(C(F)(F)Cl)c(F)c3)CC2)CC1. The highest BCUT2D eigenvalue weighted by Gasteiger charge is 2.36. The normalized spacial score (nSPS) is 28.5. The molecule has 0 amide bonds. The predicted molar refractivity (Wildman–Crippen MR) is 110 cm³/mol. The van der Waals surface area contributed by atoms with Crippen molar-refractivity contribution in [1.29, 1.82) is 0 Å². The molecule has 0 nitrogen and oxygen atoms in total. The first-order valence-electron chi connectivity index (χ1n) is 11.3. The van der Waals surface area contributed by atoms with Crippen molar-refractivity contribution in [2.24, 2.45) is 17.8 Å². The van der Waals surface area contributed by atoms with Gasteiger partial charge in [-0.25, -0.2) is 8.78 Å². The maximum absolute atomic E-state index is 14.0. The fourth-order valence-electron chi connectivity index (χ4n) is 5.57. The summed E-state index contributed by atoms with van der Waals surface area (Å²) in [4.78, 5) is 0. The molecule has 0 bridgehead atoms. The Kier molecular flexibility index (Phi) is 7.92. The van der Waals surface area contributed by atoms with E-state index in [0.717, 1.165) is 49.7 Å². The predicted octanol–water partition coefficient (Wildman–Crippen LogP) is 8.91. The van der Waals surface area contributed by atoms with Gasteiger partial charge in [0, 0.05) is 0 Å². The van der Waals surface area contributed by atoms with E-state index >= 15 is 0 Å². The number of alkyl halides is 3. The van der Waals surface area contributed by atoms with Crippen LogP contribution in [-0.2, 0) is 5.38 Å². The van der Waals surface area contributed by atoms with Crippen molar-refractivity contribution in [2.75, 3.05) is 0 Å². The molecule has 1 aromatic carbocycles. The minimum absolute atomic E-state index is 0.0396. The van der Waals surface area contributed by atoms with Crippen LogP contribution in [0.15, 0.2) is 12.1 Å². The Morgan fingerprint density at radius 2 is 1.21 bits per heavy atom. The second-order valence-electron chi connectivity index (χ2n) is 9.33. The van der Waals surface area contributed by atoms with Crippen molar-refractivity contribution in [2.45, 2.75) is 95.3 Å². The van der Waals surface area contributed by atoms with E-state index in [4.69, 9.17) is 11.6 Å². The van der Waals surface area contributed by atoms with Gasteiger partial charge in [-0.2, -0.15) is 8.78 Å². The van der Waals surface area contributed by atoms with Gasteiger partial charge in [-0.15, -0.1) is 0 Å². The Morgan fingerprint density at radius 3 is 1.62 bits per heavy atom. The first kappa shape index (κ1) is 22.9. The van der Waals surface area contributed by atoms with Crippen LogP contribution in [0.4, 0.5) is 17.6 Å². The first-order chi connectivity index (χ1) is 13.8. The van der Waals surface area contributed by atoms with Crippen molar-refractivity contribution in [3.8, 4) is 0 Å². The van der Waals surface area contributed by atoms with E-state index in [9.17, 15) is 17.6 Å². The number of halogens is 5. The fraction of sp³-hybridized carbons (Fsp3) is 0.750. The van der Waals surface area contributed by atoms with Gasteiger partial charge in [-0.05, 0) is 78.7 Å². The van der Waals surface area contributed by atoms with Crippen LogP contribution in [0.25, 0.3) is 0 Å². The summed E-state index contributed by atoms with van der Waals surface area (Å²) >= 11 is 4.84. The monoisotopic (exact) mass is 432 g/mol. The largest absolute Gasteiger partial charge is 0.353 e. The third kappa shape index (κ3) is 6.12. The lowest BCUT2D eigenvalue weighted by atomic mass is 9.74. The Hall–Kier alpha value is -0.770. The van der Waals surface area contributed by atoms with E-state index < -0.39 is 22.6 Å². The lowest BCUT2D eigenvalue weighted by Gasteiger charge is -2.32. The van der Waals surface area contributed by atoms with Gasteiger partial charge in [-0.3, -0.25) is 0 Å². The topological polar surface area (TPSA) is 0 Å². The molecule has 0 aliphatic heterocycles.